The molecule has 4 rings (SSSR count). The van der Waals surface area contributed by atoms with Gasteiger partial charge in [-0.05, 0) is 95.5 Å². The fourth-order valence-corrected chi connectivity index (χ4v) is 13.7. The van der Waals surface area contributed by atoms with Gasteiger partial charge >= 0.3 is 0 Å². The van der Waals surface area contributed by atoms with E-state index in [0.29, 0.717) is 0 Å². The lowest BCUT2D eigenvalue weighted by Crippen LogP contribution is -2.78. The summed E-state index contributed by atoms with van der Waals surface area (Å²) in [7, 11) is -2.87. The molecule has 4 aromatic carbocycles. The summed E-state index contributed by atoms with van der Waals surface area (Å²) >= 11 is 0. The van der Waals surface area contributed by atoms with Gasteiger partial charge in [-0.3, -0.25) is 0 Å². The Bertz CT molecular complexity index is 1300. The Morgan fingerprint density at radius 3 is 1.26 bits per heavy atom. The third-order valence-electron chi connectivity index (χ3n) is 8.20. The molecule has 2 heteroatoms. The first-order valence-electron chi connectivity index (χ1n) is 14.5. The van der Waals surface area contributed by atoms with E-state index in [1.807, 2.05) is 0 Å². The lowest BCUT2D eigenvalue weighted by molar-refractivity contribution is 0.311. The molecule has 0 amide bonds. The zero-order chi connectivity index (χ0) is 28.5. The summed E-state index contributed by atoms with van der Waals surface area (Å²) in [4.78, 5) is 0. The maximum absolute atomic E-state index is 6.69. The Morgan fingerprint density at radius 2 is 0.897 bits per heavy atom. The van der Waals surface area contributed by atoms with E-state index in [1.54, 1.807) is 0 Å². The number of rotatable bonds is 8. The third kappa shape index (κ3) is 5.24. The highest BCUT2D eigenvalue weighted by atomic mass is 28.3. The first-order chi connectivity index (χ1) is 18.5. The van der Waals surface area contributed by atoms with Crippen molar-refractivity contribution in [3.63, 3.8) is 0 Å². The zero-order valence-corrected chi connectivity index (χ0v) is 26.8. The van der Waals surface area contributed by atoms with E-state index in [1.165, 1.54) is 70.8 Å². The number of ether oxygens (including phenoxy) is 1. The zero-order valence-electron chi connectivity index (χ0n) is 25.8. The molecule has 0 saturated carbocycles. The Balaban J connectivity index is 2.34. The summed E-state index contributed by atoms with van der Waals surface area (Å²) in [6, 6.07) is 23.3. The quantitative estimate of drug-likeness (QED) is 0.134. The summed E-state index contributed by atoms with van der Waals surface area (Å²) in [6.07, 6.45) is 2.17. The van der Waals surface area contributed by atoms with Gasteiger partial charge in [0, 0.05) is 0 Å². The van der Waals surface area contributed by atoms with Crippen molar-refractivity contribution in [2.24, 2.45) is 0 Å². The molecule has 204 valence electrons. The minimum Gasteiger partial charge on any atom is -0.494 e. The average Bonchev–Trinajstić information content (AvgIpc) is 2.82. The summed E-state index contributed by atoms with van der Waals surface area (Å²) < 4.78 is 6.69. The van der Waals surface area contributed by atoms with Gasteiger partial charge in [-0.25, -0.2) is 0 Å². The topological polar surface area (TPSA) is 9.23 Å². The van der Waals surface area contributed by atoms with Crippen LogP contribution in [-0.2, 0) is 0 Å². The van der Waals surface area contributed by atoms with Crippen molar-refractivity contribution in [1.29, 1.82) is 0 Å². The minimum atomic E-state index is -2.87. The highest BCUT2D eigenvalue weighted by Crippen LogP contribution is 2.26. The highest BCUT2D eigenvalue weighted by molar-refractivity contribution is 7.21. The van der Waals surface area contributed by atoms with Crippen LogP contribution < -0.4 is 25.5 Å². The smallest absolute Gasteiger partial charge is 0.185 e. The largest absolute Gasteiger partial charge is 0.494 e. The van der Waals surface area contributed by atoms with Crippen LogP contribution in [0.2, 0.25) is 0 Å². The van der Waals surface area contributed by atoms with Crippen molar-refractivity contribution in [1.82, 2.24) is 0 Å². The van der Waals surface area contributed by atoms with Crippen LogP contribution >= 0.6 is 0 Å². The number of hydrogen-bond donors (Lipinski definition) is 0. The number of benzene rings is 4. The first kappa shape index (κ1) is 28.9. The van der Waals surface area contributed by atoms with Crippen molar-refractivity contribution in [2.45, 2.75) is 82.1 Å². The Morgan fingerprint density at radius 1 is 0.538 bits per heavy atom. The predicted octanol–water partition coefficient (Wildman–Crippen LogP) is 7.02. The van der Waals surface area contributed by atoms with Crippen LogP contribution in [0.25, 0.3) is 0 Å². The number of para-hydroxylation sites is 1. The molecule has 0 radical (unpaired) electrons. The molecule has 0 aliphatic rings. The van der Waals surface area contributed by atoms with E-state index < -0.39 is 8.07 Å². The molecule has 1 nitrogen and oxygen atoms in total. The lowest BCUT2D eigenvalue weighted by atomic mass is 10.1. The fraction of sp³-hybridized carbons (Fsp3) is 0.351. The molecule has 0 aromatic heterocycles. The molecule has 39 heavy (non-hydrogen) atoms. The number of hydrogen-bond acceptors (Lipinski definition) is 1. The van der Waals surface area contributed by atoms with E-state index in [0.717, 1.165) is 25.2 Å². The molecule has 0 N–H and O–H groups in total. The fourth-order valence-electron chi connectivity index (χ4n) is 7.32. The van der Waals surface area contributed by atoms with Crippen LogP contribution in [-0.4, -0.2) is 14.7 Å². The van der Waals surface area contributed by atoms with E-state index in [4.69, 9.17) is 4.74 Å². The maximum Gasteiger partial charge on any atom is 0.185 e. The molecule has 0 spiro atoms. The first-order valence-corrected chi connectivity index (χ1v) is 16.5. The Kier molecular flexibility index (Phi) is 8.56. The monoisotopic (exact) mass is 534 g/mol. The molecule has 0 fully saturated rings. The van der Waals surface area contributed by atoms with Crippen LogP contribution in [0.5, 0.6) is 5.75 Å². The summed E-state index contributed by atoms with van der Waals surface area (Å²) in [5.41, 5.74) is 12.2. The van der Waals surface area contributed by atoms with Crippen LogP contribution in [0.4, 0.5) is 0 Å². The molecule has 0 bridgehead atoms. The van der Waals surface area contributed by atoms with Crippen molar-refractivity contribution >= 4 is 28.8 Å². The van der Waals surface area contributed by atoms with Crippen molar-refractivity contribution < 1.29 is 4.74 Å². The maximum atomic E-state index is 6.69. The van der Waals surface area contributed by atoms with Crippen LogP contribution in [0.15, 0.2) is 60.7 Å². The number of aryl methyl sites for hydroxylation is 9. The van der Waals surface area contributed by atoms with Crippen LogP contribution in [0.3, 0.4) is 0 Å². The lowest BCUT2D eigenvalue weighted by Gasteiger charge is -2.41. The average molecular weight is 535 g/mol. The second-order valence-corrected chi connectivity index (χ2v) is 15.3. The second-order valence-electron chi connectivity index (χ2n) is 11.8. The van der Waals surface area contributed by atoms with Gasteiger partial charge in [0.1, 0.15) is 5.75 Å². The van der Waals surface area contributed by atoms with Gasteiger partial charge in [0.25, 0.3) is 0 Å². The predicted molar refractivity (Wildman–Crippen MR) is 173 cm³/mol. The van der Waals surface area contributed by atoms with Crippen LogP contribution in [0.1, 0.15) is 69.8 Å². The van der Waals surface area contributed by atoms with Gasteiger partial charge in [0.05, 0.1) is 6.61 Å². The second kappa shape index (κ2) is 11.6. The van der Waals surface area contributed by atoms with E-state index in [2.05, 4.69) is 130 Å². The van der Waals surface area contributed by atoms with Crippen molar-refractivity contribution in [2.75, 3.05) is 6.61 Å². The van der Waals surface area contributed by atoms with Gasteiger partial charge in [-0.15, -0.1) is 0 Å². The normalized spacial score (nSPS) is 11.6. The summed E-state index contributed by atoms with van der Waals surface area (Å²) in [6.45, 7) is 23.6. The van der Waals surface area contributed by atoms with Gasteiger partial charge in [-0.2, -0.15) is 0 Å². The minimum absolute atomic E-state index is 0.738. The Hall–Kier alpha value is -3.10. The van der Waals surface area contributed by atoms with Gasteiger partial charge in [-0.1, -0.05) is 118 Å². The molecule has 0 aliphatic carbocycles. The van der Waals surface area contributed by atoms with Gasteiger partial charge < -0.3 is 4.74 Å². The summed E-state index contributed by atoms with van der Waals surface area (Å²) in [5.74, 6) is 1.04. The molecular formula is C37H46OSi. The van der Waals surface area contributed by atoms with E-state index >= 15 is 0 Å². The molecule has 0 atom stereocenters. The van der Waals surface area contributed by atoms with E-state index in [9.17, 15) is 0 Å². The van der Waals surface area contributed by atoms with Crippen LogP contribution in [0, 0.1) is 62.3 Å². The molecule has 0 heterocycles. The molecule has 0 unspecified atom stereocenters. The van der Waals surface area contributed by atoms with Gasteiger partial charge in [0.2, 0.25) is 0 Å². The van der Waals surface area contributed by atoms with E-state index in [-0.39, 0.29) is 0 Å². The standard InChI is InChI=1S/C37H46OSi/c1-11-12-17-38-33-15-13-14-16-34(33)39(35-27(5)18-24(2)19-28(35)6,36-29(7)20-25(3)21-30(36)8)37-31(9)22-26(4)23-32(37)10/h13-16,18-23H,11-12,17H2,1-10H3. The van der Waals surface area contributed by atoms with Crippen molar-refractivity contribution in [3.05, 3.63) is 111 Å². The number of unbranched alkanes of at least 4 members (excludes halogenated alkanes) is 1. The Labute approximate surface area is 238 Å². The molecule has 0 aliphatic heterocycles. The molecule has 4 aromatic rings. The SMILES string of the molecule is CCCCOc1ccccc1[Si](c1c(C)cc(C)cc1C)(c1c(C)cc(C)cc1C)c1c(C)cc(C)cc1C. The molecular weight excluding hydrogens is 488 g/mol. The summed E-state index contributed by atoms with van der Waals surface area (Å²) in [5, 5.41) is 5.88. The molecule has 0 saturated heterocycles. The van der Waals surface area contributed by atoms with Gasteiger partial charge in [0.15, 0.2) is 8.07 Å². The van der Waals surface area contributed by atoms with Crippen molar-refractivity contribution in [3.8, 4) is 5.75 Å². The third-order valence-corrected chi connectivity index (χ3v) is 14.0. The highest BCUT2D eigenvalue weighted by Gasteiger charge is 2.48.